The van der Waals surface area contributed by atoms with Crippen molar-refractivity contribution in [1.29, 1.82) is 0 Å². The van der Waals surface area contributed by atoms with E-state index in [1.165, 1.54) is 12.1 Å². The lowest BCUT2D eigenvalue weighted by atomic mass is 10.0. The highest BCUT2D eigenvalue weighted by Gasteiger charge is 2.41. The molecule has 0 saturated carbocycles. The molecule has 6 aromatic rings. The zero-order valence-electron chi connectivity index (χ0n) is 27.2. The number of hydrogen-bond acceptors (Lipinski definition) is 4. The number of hydrogen-bond donors (Lipinski definition) is 0. The minimum absolute atomic E-state index is 0.0545. The van der Waals surface area contributed by atoms with Crippen molar-refractivity contribution in [2.75, 3.05) is 0 Å². The van der Waals surface area contributed by atoms with Gasteiger partial charge in [0.15, 0.2) is 29.0 Å². The van der Waals surface area contributed by atoms with Crippen molar-refractivity contribution >= 4 is 0 Å². The summed E-state index contributed by atoms with van der Waals surface area (Å²) < 4.78 is 125. The summed E-state index contributed by atoms with van der Waals surface area (Å²) in [5, 5.41) is 0. The summed E-state index contributed by atoms with van der Waals surface area (Å²) in [4.78, 5) is 0. The average molecular weight is 705 g/mol. The minimum atomic E-state index is -4.77. The SMILES string of the molecule is Cc1ccc(Oc2cc(-c3cc(F)c(C(F)(F)Oc4cc(F)c(F)c(F)c4)c(F)c3)cc(Oc3ccc(C)cc3)c2Oc2cccc(C)c2)cc1. The van der Waals surface area contributed by atoms with Crippen LogP contribution in [0, 0.1) is 49.9 Å². The van der Waals surface area contributed by atoms with Crippen molar-refractivity contribution in [3.05, 3.63) is 161 Å². The van der Waals surface area contributed by atoms with E-state index in [1.54, 1.807) is 42.5 Å². The Morgan fingerprint density at radius 1 is 0.451 bits per heavy atom. The molecule has 0 aliphatic heterocycles. The van der Waals surface area contributed by atoms with Crippen molar-refractivity contribution in [2.45, 2.75) is 26.9 Å². The van der Waals surface area contributed by atoms with Gasteiger partial charge in [-0.25, -0.2) is 22.0 Å². The normalized spacial score (nSPS) is 11.3. The standard InChI is InChI=1S/C40H27F7O4/c1-22-7-11-27(12-8-22)48-35-18-26(19-36(49-28-13-9-23(2)10-14-28)39(35)50-29-6-4-5-24(3)15-29)25-16-31(41)37(32(42)17-25)40(46,47)51-30-20-33(43)38(45)34(44)21-30/h4-21H,1-3H3. The number of alkyl halides is 2. The van der Waals surface area contributed by atoms with E-state index >= 15 is 17.6 Å². The molecule has 11 heteroatoms. The first-order valence-corrected chi connectivity index (χ1v) is 15.4. The molecule has 0 bridgehead atoms. The summed E-state index contributed by atoms with van der Waals surface area (Å²) >= 11 is 0. The van der Waals surface area contributed by atoms with E-state index in [0.717, 1.165) is 16.7 Å². The van der Waals surface area contributed by atoms with Crippen LogP contribution < -0.4 is 18.9 Å². The van der Waals surface area contributed by atoms with Crippen LogP contribution in [0.15, 0.2) is 109 Å². The molecule has 0 heterocycles. The molecule has 0 amide bonds. The molecule has 260 valence electrons. The van der Waals surface area contributed by atoms with Crippen LogP contribution in [0.5, 0.6) is 40.2 Å². The zero-order chi connectivity index (χ0) is 36.4. The molecule has 0 unspecified atom stereocenters. The van der Waals surface area contributed by atoms with Crippen LogP contribution >= 0.6 is 0 Å². The molecule has 0 aromatic heterocycles. The lowest BCUT2D eigenvalue weighted by Crippen LogP contribution is -2.25. The second-order valence-electron chi connectivity index (χ2n) is 11.7. The molecule has 0 aliphatic carbocycles. The minimum Gasteiger partial charge on any atom is -0.453 e. The maximum atomic E-state index is 15.5. The quantitative estimate of drug-likeness (QED) is 0.105. The first-order valence-electron chi connectivity index (χ1n) is 15.4. The average Bonchev–Trinajstić information content (AvgIpc) is 3.06. The lowest BCUT2D eigenvalue weighted by Gasteiger charge is -2.21. The molecule has 0 N–H and O–H groups in total. The maximum Gasteiger partial charge on any atom is 0.432 e. The smallest absolute Gasteiger partial charge is 0.432 e. The number of aryl methyl sites for hydroxylation is 3. The van der Waals surface area contributed by atoms with Crippen LogP contribution in [0.4, 0.5) is 30.7 Å². The molecule has 0 aliphatic rings. The summed E-state index contributed by atoms with van der Waals surface area (Å²) in [7, 11) is 0. The van der Waals surface area contributed by atoms with Gasteiger partial charge in [0.2, 0.25) is 5.75 Å². The summed E-state index contributed by atoms with van der Waals surface area (Å²) in [6.45, 7) is 5.66. The second-order valence-corrected chi connectivity index (χ2v) is 11.7. The highest BCUT2D eigenvalue weighted by atomic mass is 19.3. The van der Waals surface area contributed by atoms with Crippen molar-refractivity contribution in [1.82, 2.24) is 0 Å². The van der Waals surface area contributed by atoms with Crippen molar-refractivity contribution in [3.63, 3.8) is 0 Å². The molecule has 0 saturated heterocycles. The van der Waals surface area contributed by atoms with Crippen LogP contribution in [0.3, 0.4) is 0 Å². The van der Waals surface area contributed by atoms with Gasteiger partial charge in [0, 0.05) is 12.1 Å². The Kier molecular flexibility index (Phi) is 9.64. The lowest BCUT2D eigenvalue weighted by molar-refractivity contribution is -0.189. The fourth-order valence-electron chi connectivity index (χ4n) is 5.07. The van der Waals surface area contributed by atoms with E-state index in [-0.39, 0.29) is 40.5 Å². The second kappa shape index (κ2) is 14.1. The molecule has 0 radical (unpaired) electrons. The van der Waals surface area contributed by atoms with Crippen LogP contribution in [-0.2, 0) is 6.11 Å². The molecule has 6 aromatic carbocycles. The summed E-state index contributed by atoms with van der Waals surface area (Å²) in [6, 6.07) is 25.5. The predicted molar refractivity (Wildman–Crippen MR) is 176 cm³/mol. The zero-order valence-corrected chi connectivity index (χ0v) is 27.2. The van der Waals surface area contributed by atoms with Crippen molar-refractivity contribution in [2.24, 2.45) is 0 Å². The first kappa shape index (κ1) is 34.9. The molecular weight excluding hydrogens is 677 g/mol. The van der Waals surface area contributed by atoms with Gasteiger partial charge in [-0.3, -0.25) is 0 Å². The monoisotopic (exact) mass is 704 g/mol. The first-order chi connectivity index (χ1) is 24.3. The fourth-order valence-corrected chi connectivity index (χ4v) is 5.07. The van der Waals surface area contributed by atoms with Gasteiger partial charge in [-0.2, -0.15) is 8.78 Å². The molecule has 51 heavy (non-hydrogen) atoms. The number of benzene rings is 6. The van der Waals surface area contributed by atoms with Gasteiger partial charge in [0.1, 0.15) is 40.2 Å². The summed E-state index contributed by atoms with van der Waals surface area (Å²) in [5.41, 5.74) is 0.824. The summed E-state index contributed by atoms with van der Waals surface area (Å²) in [5.74, 6) is -8.90. The highest BCUT2D eigenvalue weighted by Crippen LogP contribution is 2.48. The topological polar surface area (TPSA) is 36.9 Å². The van der Waals surface area contributed by atoms with Gasteiger partial charge < -0.3 is 18.9 Å². The molecule has 6 rings (SSSR count). The maximum absolute atomic E-state index is 15.5. The summed E-state index contributed by atoms with van der Waals surface area (Å²) in [6.07, 6.45) is -4.77. The van der Waals surface area contributed by atoms with Gasteiger partial charge in [0.05, 0.1) is 0 Å². The van der Waals surface area contributed by atoms with Gasteiger partial charge in [-0.05, 0) is 98.1 Å². The van der Waals surface area contributed by atoms with Crippen LogP contribution in [0.1, 0.15) is 22.3 Å². The largest absolute Gasteiger partial charge is 0.453 e. The fraction of sp³-hybridized carbons (Fsp3) is 0.100. The van der Waals surface area contributed by atoms with E-state index in [9.17, 15) is 13.2 Å². The third-order valence-electron chi connectivity index (χ3n) is 7.60. The third kappa shape index (κ3) is 7.93. The van der Waals surface area contributed by atoms with Gasteiger partial charge in [-0.15, -0.1) is 0 Å². The van der Waals surface area contributed by atoms with E-state index in [0.29, 0.717) is 29.4 Å². The van der Waals surface area contributed by atoms with E-state index < -0.39 is 46.5 Å². The Balaban J connectivity index is 1.47. The Hall–Kier alpha value is -5.97. The Morgan fingerprint density at radius 3 is 1.43 bits per heavy atom. The molecule has 4 nitrogen and oxygen atoms in total. The van der Waals surface area contributed by atoms with Crippen molar-refractivity contribution in [3.8, 4) is 51.4 Å². The molecular formula is C40H27F7O4. The highest BCUT2D eigenvalue weighted by molar-refractivity contribution is 5.72. The number of ether oxygens (including phenoxy) is 4. The van der Waals surface area contributed by atoms with Gasteiger partial charge in [-0.1, -0.05) is 47.5 Å². The molecule has 0 spiro atoms. The molecule has 0 atom stereocenters. The predicted octanol–water partition coefficient (Wildman–Crippen LogP) is 12.5. The third-order valence-corrected chi connectivity index (χ3v) is 7.60. The van der Waals surface area contributed by atoms with Gasteiger partial charge >= 0.3 is 6.11 Å². The number of halogens is 7. The van der Waals surface area contributed by atoms with E-state index in [4.69, 9.17) is 14.2 Å². The Bertz CT molecular complexity index is 2100. The van der Waals surface area contributed by atoms with Crippen LogP contribution in [0.2, 0.25) is 0 Å². The van der Waals surface area contributed by atoms with E-state index in [2.05, 4.69) is 4.74 Å². The Morgan fingerprint density at radius 2 is 0.941 bits per heavy atom. The van der Waals surface area contributed by atoms with Crippen LogP contribution in [-0.4, -0.2) is 0 Å². The van der Waals surface area contributed by atoms with Crippen LogP contribution in [0.25, 0.3) is 11.1 Å². The van der Waals surface area contributed by atoms with Gasteiger partial charge in [0.25, 0.3) is 0 Å². The molecule has 0 fully saturated rings. The Labute approximate surface area is 288 Å². The van der Waals surface area contributed by atoms with Crippen molar-refractivity contribution < 1.29 is 49.7 Å². The van der Waals surface area contributed by atoms with E-state index in [1.807, 2.05) is 51.1 Å². The number of rotatable bonds is 10.